The van der Waals surface area contributed by atoms with Gasteiger partial charge in [-0.25, -0.2) is 4.79 Å². The van der Waals surface area contributed by atoms with Crippen molar-refractivity contribution in [2.24, 2.45) is 0 Å². The molecule has 1 aliphatic rings. The van der Waals surface area contributed by atoms with Crippen LogP contribution in [0.1, 0.15) is 19.8 Å². The predicted molar refractivity (Wildman–Crippen MR) is 54.9 cm³/mol. The Balaban J connectivity index is 2.50. The molecule has 0 bridgehead atoms. The summed E-state index contributed by atoms with van der Waals surface area (Å²) >= 11 is 0. The predicted octanol–water partition coefficient (Wildman–Crippen LogP) is -0.541. The van der Waals surface area contributed by atoms with E-state index in [1.807, 2.05) is 6.92 Å². The van der Waals surface area contributed by atoms with Gasteiger partial charge in [0.1, 0.15) is 6.04 Å². The molecule has 1 amide bonds. The van der Waals surface area contributed by atoms with E-state index in [2.05, 4.69) is 0 Å². The van der Waals surface area contributed by atoms with Crippen LogP contribution in [0.15, 0.2) is 0 Å². The SMILES string of the molecule is CCOCCC(=O)N1C[C@H](O)C[C@@H]1C(=O)O. The van der Waals surface area contributed by atoms with Crippen LogP contribution in [0.25, 0.3) is 0 Å². The summed E-state index contributed by atoms with van der Waals surface area (Å²) < 4.78 is 5.03. The Morgan fingerprint density at radius 2 is 2.19 bits per heavy atom. The van der Waals surface area contributed by atoms with Crippen molar-refractivity contribution in [1.29, 1.82) is 0 Å². The molecular formula is C10H17NO5. The maximum Gasteiger partial charge on any atom is 0.326 e. The van der Waals surface area contributed by atoms with E-state index >= 15 is 0 Å². The fourth-order valence-corrected chi connectivity index (χ4v) is 1.77. The van der Waals surface area contributed by atoms with Gasteiger partial charge >= 0.3 is 5.97 Å². The molecule has 0 radical (unpaired) electrons. The van der Waals surface area contributed by atoms with Gasteiger partial charge in [-0.2, -0.15) is 0 Å². The van der Waals surface area contributed by atoms with Gasteiger partial charge in [0, 0.05) is 19.6 Å². The van der Waals surface area contributed by atoms with Gasteiger partial charge in [-0.05, 0) is 6.92 Å². The quantitative estimate of drug-likeness (QED) is 0.620. The zero-order chi connectivity index (χ0) is 12.1. The second-order valence-corrected chi connectivity index (χ2v) is 3.74. The number of carboxylic acid groups (broad SMARTS) is 1. The number of β-amino-alcohol motifs (C(OH)–C–C–N with tert-alkyl or cyclic N) is 1. The summed E-state index contributed by atoms with van der Waals surface area (Å²) in [5.74, 6) is -1.35. The van der Waals surface area contributed by atoms with Crippen molar-refractivity contribution in [2.45, 2.75) is 31.9 Å². The number of nitrogens with zero attached hydrogens (tertiary/aromatic N) is 1. The second-order valence-electron chi connectivity index (χ2n) is 3.74. The number of carboxylic acids is 1. The maximum absolute atomic E-state index is 11.7. The molecule has 1 fully saturated rings. The molecule has 0 aromatic rings. The Hall–Kier alpha value is -1.14. The Morgan fingerprint density at radius 3 is 2.75 bits per heavy atom. The van der Waals surface area contributed by atoms with Crippen molar-refractivity contribution in [3.63, 3.8) is 0 Å². The van der Waals surface area contributed by atoms with Gasteiger partial charge in [0.2, 0.25) is 5.91 Å². The molecule has 6 heteroatoms. The van der Waals surface area contributed by atoms with E-state index in [1.54, 1.807) is 0 Å². The Kier molecular flexibility index (Phi) is 4.70. The second kappa shape index (κ2) is 5.81. The molecule has 0 spiro atoms. The average Bonchev–Trinajstić information content (AvgIpc) is 2.61. The van der Waals surface area contributed by atoms with Gasteiger partial charge < -0.3 is 19.8 Å². The molecule has 0 aromatic carbocycles. The van der Waals surface area contributed by atoms with E-state index in [0.29, 0.717) is 6.61 Å². The van der Waals surface area contributed by atoms with Crippen LogP contribution < -0.4 is 0 Å². The Bertz CT molecular complexity index is 268. The first-order valence-electron chi connectivity index (χ1n) is 5.34. The van der Waals surface area contributed by atoms with Crippen LogP contribution in [-0.2, 0) is 14.3 Å². The number of amides is 1. The smallest absolute Gasteiger partial charge is 0.326 e. The normalized spacial score (nSPS) is 24.8. The molecule has 1 heterocycles. The Morgan fingerprint density at radius 1 is 1.50 bits per heavy atom. The monoisotopic (exact) mass is 231 g/mol. The lowest BCUT2D eigenvalue weighted by molar-refractivity contribution is -0.148. The van der Waals surface area contributed by atoms with E-state index in [-0.39, 0.29) is 31.9 Å². The number of carbonyl (C=O) groups excluding carboxylic acids is 1. The largest absolute Gasteiger partial charge is 0.480 e. The van der Waals surface area contributed by atoms with E-state index in [0.717, 1.165) is 0 Å². The summed E-state index contributed by atoms with van der Waals surface area (Å²) in [6, 6.07) is -0.899. The third-order valence-corrected chi connectivity index (χ3v) is 2.55. The first kappa shape index (κ1) is 12.9. The minimum Gasteiger partial charge on any atom is -0.480 e. The summed E-state index contributed by atoms with van der Waals surface area (Å²) in [7, 11) is 0. The van der Waals surface area contributed by atoms with Gasteiger partial charge in [0.25, 0.3) is 0 Å². The number of aliphatic hydroxyl groups is 1. The van der Waals surface area contributed by atoms with Crippen LogP contribution in [0.4, 0.5) is 0 Å². The lowest BCUT2D eigenvalue weighted by Crippen LogP contribution is -2.40. The van der Waals surface area contributed by atoms with Crippen LogP contribution >= 0.6 is 0 Å². The lowest BCUT2D eigenvalue weighted by Gasteiger charge is -2.20. The third-order valence-electron chi connectivity index (χ3n) is 2.55. The maximum atomic E-state index is 11.7. The highest BCUT2D eigenvalue weighted by atomic mass is 16.5. The fourth-order valence-electron chi connectivity index (χ4n) is 1.77. The topological polar surface area (TPSA) is 87.1 Å². The van der Waals surface area contributed by atoms with Crippen LogP contribution in [0.5, 0.6) is 0 Å². The summed E-state index contributed by atoms with van der Waals surface area (Å²) in [5.41, 5.74) is 0. The third kappa shape index (κ3) is 3.18. The number of aliphatic carboxylic acids is 1. The number of likely N-dealkylation sites (tertiary alicyclic amines) is 1. The zero-order valence-corrected chi connectivity index (χ0v) is 9.26. The molecule has 0 aliphatic carbocycles. The lowest BCUT2D eigenvalue weighted by atomic mass is 10.2. The average molecular weight is 231 g/mol. The highest BCUT2D eigenvalue weighted by molar-refractivity contribution is 5.84. The number of rotatable bonds is 5. The van der Waals surface area contributed by atoms with E-state index in [9.17, 15) is 14.7 Å². The van der Waals surface area contributed by atoms with Gasteiger partial charge in [-0.3, -0.25) is 4.79 Å². The van der Waals surface area contributed by atoms with E-state index in [1.165, 1.54) is 4.90 Å². The Labute approximate surface area is 93.8 Å². The molecular weight excluding hydrogens is 214 g/mol. The molecule has 2 N–H and O–H groups in total. The van der Waals surface area contributed by atoms with Crippen LogP contribution in [0, 0.1) is 0 Å². The number of carbonyl (C=O) groups is 2. The molecule has 92 valence electrons. The minimum absolute atomic E-state index is 0.0991. The number of aliphatic hydroxyl groups excluding tert-OH is 1. The first-order valence-corrected chi connectivity index (χ1v) is 5.34. The van der Waals surface area contributed by atoms with Crippen molar-refractivity contribution in [3.05, 3.63) is 0 Å². The van der Waals surface area contributed by atoms with Crippen LogP contribution in [0.2, 0.25) is 0 Å². The first-order chi connectivity index (χ1) is 7.56. The molecule has 1 aliphatic heterocycles. The van der Waals surface area contributed by atoms with Gasteiger partial charge in [-0.1, -0.05) is 0 Å². The zero-order valence-electron chi connectivity index (χ0n) is 9.26. The molecule has 1 rings (SSSR count). The highest BCUT2D eigenvalue weighted by Gasteiger charge is 2.38. The van der Waals surface area contributed by atoms with Gasteiger partial charge in [0.15, 0.2) is 0 Å². The fraction of sp³-hybridized carbons (Fsp3) is 0.800. The van der Waals surface area contributed by atoms with E-state index in [4.69, 9.17) is 9.84 Å². The number of hydrogen-bond acceptors (Lipinski definition) is 4. The molecule has 0 saturated carbocycles. The summed E-state index contributed by atoms with van der Waals surface area (Å²) in [6.45, 7) is 2.73. The summed E-state index contributed by atoms with van der Waals surface area (Å²) in [6.07, 6.45) is -0.475. The van der Waals surface area contributed by atoms with Crippen molar-refractivity contribution >= 4 is 11.9 Å². The number of hydrogen-bond donors (Lipinski definition) is 2. The van der Waals surface area contributed by atoms with Gasteiger partial charge in [-0.15, -0.1) is 0 Å². The summed E-state index contributed by atoms with van der Waals surface area (Å²) in [4.78, 5) is 23.7. The van der Waals surface area contributed by atoms with Crippen molar-refractivity contribution in [1.82, 2.24) is 4.90 Å². The van der Waals surface area contributed by atoms with Crippen molar-refractivity contribution in [2.75, 3.05) is 19.8 Å². The number of ether oxygens (including phenoxy) is 1. The van der Waals surface area contributed by atoms with Gasteiger partial charge in [0.05, 0.1) is 19.1 Å². The molecule has 0 aromatic heterocycles. The molecule has 6 nitrogen and oxygen atoms in total. The van der Waals surface area contributed by atoms with E-state index < -0.39 is 18.1 Å². The highest BCUT2D eigenvalue weighted by Crippen LogP contribution is 2.19. The molecule has 1 saturated heterocycles. The standard InChI is InChI=1S/C10H17NO5/c1-2-16-4-3-9(13)11-6-7(12)5-8(11)10(14)15/h7-8,12H,2-6H2,1H3,(H,14,15)/t7-,8-/m1/s1. The summed E-state index contributed by atoms with van der Waals surface area (Å²) in [5, 5.41) is 18.2. The van der Waals surface area contributed by atoms with Crippen molar-refractivity contribution < 1.29 is 24.5 Å². The van der Waals surface area contributed by atoms with Crippen LogP contribution in [-0.4, -0.2) is 58.9 Å². The molecule has 16 heavy (non-hydrogen) atoms. The van der Waals surface area contributed by atoms with Crippen LogP contribution in [0.3, 0.4) is 0 Å². The molecule has 0 unspecified atom stereocenters. The van der Waals surface area contributed by atoms with Crippen molar-refractivity contribution in [3.8, 4) is 0 Å². The minimum atomic E-state index is -1.07. The molecule has 2 atom stereocenters.